The second-order valence-corrected chi connectivity index (χ2v) is 9.27. The van der Waals surface area contributed by atoms with E-state index < -0.39 is 5.54 Å². The molecule has 0 saturated heterocycles. The molecule has 0 unspecified atom stereocenters. The van der Waals surface area contributed by atoms with Crippen LogP contribution in [0, 0.1) is 5.41 Å². The molecule has 3 rings (SSSR count). The molecule has 0 fully saturated rings. The Morgan fingerprint density at radius 1 is 1.10 bits per heavy atom. The highest BCUT2D eigenvalue weighted by molar-refractivity contribution is 6.14. The van der Waals surface area contributed by atoms with E-state index in [9.17, 15) is 9.59 Å². The first-order valence-corrected chi connectivity index (χ1v) is 9.86. The van der Waals surface area contributed by atoms with Gasteiger partial charge in [-0.2, -0.15) is 0 Å². The van der Waals surface area contributed by atoms with E-state index in [1.54, 1.807) is 7.11 Å². The molecule has 0 N–H and O–H groups in total. The number of benzene rings is 2. The molecule has 0 aliphatic carbocycles. The molecular formula is C25H29NO3. The van der Waals surface area contributed by atoms with Gasteiger partial charge in [0.2, 0.25) is 5.91 Å². The third-order valence-electron chi connectivity index (χ3n) is 5.11. The Hall–Kier alpha value is -2.88. The summed E-state index contributed by atoms with van der Waals surface area (Å²) in [5.41, 5.74) is 3.31. The topological polar surface area (TPSA) is 46.6 Å². The van der Waals surface area contributed by atoms with Gasteiger partial charge in [-0.25, -0.2) is 0 Å². The summed E-state index contributed by atoms with van der Waals surface area (Å²) in [5, 5.41) is 0. The van der Waals surface area contributed by atoms with Crippen LogP contribution in [0.3, 0.4) is 0 Å². The van der Waals surface area contributed by atoms with Gasteiger partial charge in [0.1, 0.15) is 12.0 Å². The maximum atomic E-state index is 13.2. The highest BCUT2D eigenvalue weighted by atomic mass is 16.5. The summed E-state index contributed by atoms with van der Waals surface area (Å²) >= 11 is 0. The van der Waals surface area contributed by atoms with Crippen LogP contribution in [0.15, 0.2) is 48.5 Å². The van der Waals surface area contributed by atoms with Crippen molar-refractivity contribution in [3.63, 3.8) is 0 Å². The fourth-order valence-corrected chi connectivity index (χ4v) is 3.93. The predicted molar refractivity (Wildman–Crippen MR) is 118 cm³/mol. The van der Waals surface area contributed by atoms with Crippen molar-refractivity contribution >= 4 is 23.5 Å². The van der Waals surface area contributed by atoms with Crippen LogP contribution < -0.4 is 9.64 Å². The van der Waals surface area contributed by atoms with Gasteiger partial charge in [0.15, 0.2) is 0 Å². The third kappa shape index (κ3) is 4.12. The van der Waals surface area contributed by atoms with E-state index in [0.717, 1.165) is 34.4 Å². The summed E-state index contributed by atoms with van der Waals surface area (Å²) in [6.45, 7) is 10.1. The molecule has 1 heterocycles. The Labute approximate surface area is 173 Å². The average molecular weight is 392 g/mol. The Kier molecular flexibility index (Phi) is 5.40. The quantitative estimate of drug-likeness (QED) is 0.646. The fourth-order valence-electron chi connectivity index (χ4n) is 3.93. The van der Waals surface area contributed by atoms with Gasteiger partial charge in [-0.15, -0.1) is 0 Å². The van der Waals surface area contributed by atoms with Crippen LogP contribution >= 0.6 is 0 Å². The number of hydrogen-bond donors (Lipinski definition) is 0. The van der Waals surface area contributed by atoms with E-state index in [1.165, 1.54) is 0 Å². The SMILES string of the molecule is COc1ccccc1-c1ccc2c(c1)C(C=O)=CC(C)(C)N2C(=O)CC(C)(C)C. The second kappa shape index (κ2) is 7.51. The Bertz CT molecular complexity index is 980. The van der Waals surface area contributed by atoms with Crippen LogP contribution in [-0.4, -0.2) is 24.8 Å². The molecule has 0 spiro atoms. The third-order valence-corrected chi connectivity index (χ3v) is 5.11. The lowest BCUT2D eigenvalue weighted by molar-refractivity contribution is -0.121. The standard InChI is InChI=1S/C25H29NO3/c1-24(2,3)15-23(28)26-21-12-11-17(19-9-7-8-10-22(19)29-6)13-20(21)18(16-27)14-25(26,4)5/h7-14,16H,15H2,1-6H3. The molecule has 1 amide bonds. The zero-order valence-electron chi connectivity index (χ0n) is 18.1. The number of nitrogens with zero attached hydrogens (tertiary/aromatic N) is 1. The highest BCUT2D eigenvalue weighted by Gasteiger charge is 2.37. The minimum Gasteiger partial charge on any atom is -0.496 e. The molecular weight excluding hydrogens is 362 g/mol. The van der Waals surface area contributed by atoms with Crippen LogP contribution in [-0.2, 0) is 9.59 Å². The number of amides is 1. The zero-order valence-corrected chi connectivity index (χ0v) is 18.1. The largest absolute Gasteiger partial charge is 0.496 e. The predicted octanol–water partition coefficient (Wildman–Crippen LogP) is 5.51. The lowest BCUT2D eigenvalue weighted by Gasteiger charge is -2.42. The number of methoxy groups -OCH3 is 1. The normalized spacial score (nSPS) is 15.4. The van der Waals surface area contributed by atoms with Gasteiger partial charge in [0.05, 0.1) is 18.3 Å². The van der Waals surface area contributed by atoms with E-state index in [2.05, 4.69) is 20.8 Å². The van der Waals surface area contributed by atoms with Gasteiger partial charge < -0.3 is 9.64 Å². The number of rotatable bonds is 4. The molecule has 29 heavy (non-hydrogen) atoms. The number of carbonyl (C=O) groups is 2. The number of anilines is 1. The van der Waals surface area contributed by atoms with Gasteiger partial charge in [0, 0.05) is 23.1 Å². The van der Waals surface area contributed by atoms with Crippen LogP contribution in [0.5, 0.6) is 5.75 Å². The molecule has 2 aromatic carbocycles. The summed E-state index contributed by atoms with van der Waals surface area (Å²) in [6, 6.07) is 13.7. The van der Waals surface area contributed by atoms with E-state index in [4.69, 9.17) is 4.74 Å². The van der Waals surface area contributed by atoms with E-state index in [1.807, 2.05) is 67.3 Å². The summed E-state index contributed by atoms with van der Waals surface area (Å²) in [4.78, 5) is 26.9. The highest BCUT2D eigenvalue weighted by Crippen LogP contribution is 2.42. The van der Waals surface area contributed by atoms with Crippen LogP contribution in [0.4, 0.5) is 5.69 Å². The number of aldehydes is 1. The molecule has 0 aromatic heterocycles. The van der Waals surface area contributed by atoms with Gasteiger partial charge in [-0.05, 0) is 49.1 Å². The molecule has 1 aliphatic heterocycles. The Balaban J connectivity index is 2.16. The molecule has 0 saturated carbocycles. The van der Waals surface area contributed by atoms with Gasteiger partial charge in [-0.1, -0.05) is 45.0 Å². The van der Waals surface area contributed by atoms with E-state index in [0.29, 0.717) is 12.0 Å². The van der Waals surface area contributed by atoms with Gasteiger partial charge >= 0.3 is 0 Å². The van der Waals surface area contributed by atoms with Crippen molar-refractivity contribution in [2.24, 2.45) is 5.41 Å². The maximum absolute atomic E-state index is 13.2. The molecule has 1 aliphatic rings. The number of para-hydroxylation sites is 1. The smallest absolute Gasteiger partial charge is 0.228 e. The summed E-state index contributed by atoms with van der Waals surface area (Å²) < 4.78 is 5.50. The Morgan fingerprint density at radius 3 is 2.41 bits per heavy atom. The maximum Gasteiger partial charge on any atom is 0.228 e. The molecule has 0 radical (unpaired) electrons. The minimum atomic E-state index is -0.586. The van der Waals surface area contributed by atoms with E-state index >= 15 is 0 Å². The monoisotopic (exact) mass is 391 g/mol. The van der Waals surface area contributed by atoms with Crippen LogP contribution in [0.25, 0.3) is 16.7 Å². The van der Waals surface area contributed by atoms with Crippen LogP contribution in [0.2, 0.25) is 0 Å². The molecule has 152 valence electrons. The number of fused-ring (bicyclic) bond motifs is 1. The first kappa shape index (κ1) is 20.8. The van der Waals surface area contributed by atoms with Crippen molar-refractivity contribution in [1.82, 2.24) is 0 Å². The summed E-state index contributed by atoms with van der Waals surface area (Å²) in [5.74, 6) is 0.816. The Morgan fingerprint density at radius 2 is 1.79 bits per heavy atom. The van der Waals surface area contributed by atoms with Gasteiger partial charge in [0.25, 0.3) is 0 Å². The van der Waals surface area contributed by atoms with Crippen molar-refractivity contribution in [2.75, 3.05) is 12.0 Å². The fraction of sp³-hybridized carbons (Fsp3) is 0.360. The van der Waals surface area contributed by atoms with Crippen LogP contribution in [0.1, 0.15) is 46.6 Å². The van der Waals surface area contributed by atoms with Crippen molar-refractivity contribution in [2.45, 2.75) is 46.6 Å². The number of allylic oxidation sites excluding steroid dienone is 1. The molecule has 0 bridgehead atoms. The average Bonchev–Trinajstić information content (AvgIpc) is 2.64. The van der Waals surface area contributed by atoms with Crippen molar-refractivity contribution in [3.05, 3.63) is 54.1 Å². The van der Waals surface area contributed by atoms with Gasteiger partial charge in [-0.3, -0.25) is 9.59 Å². The number of carbonyl (C=O) groups excluding carboxylic acids is 2. The van der Waals surface area contributed by atoms with E-state index in [-0.39, 0.29) is 11.3 Å². The van der Waals surface area contributed by atoms with Crippen molar-refractivity contribution in [1.29, 1.82) is 0 Å². The first-order valence-electron chi connectivity index (χ1n) is 9.86. The lowest BCUT2D eigenvalue weighted by atomic mass is 9.84. The molecule has 2 aromatic rings. The first-order chi connectivity index (χ1) is 13.6. The summed E-state index contributed by atoms with van der Waals surface area (Å²) in [7, 11) is 1.64. The molecule has 4 nitrogen and oxygen atoms in total. The molecule has 4 heteroatoms. The molecule has 0 atom stereocenters. The summed E-state index contributed by atoms with van der Waals surface area (Å²) in [6.07, 6.45) is 3.18. The van der Waals surface area contributed by atoms with Crippen molar-refractivity contribution < 1.29 is 14.3 Å². The van der Waals surface area contributed by atoms with Crippen molar-refractivity contribution in [3.8, 4) is 16.9 Å². The lowest BCUT2D eigenvalue weighted by Crippen LogP contribution is -2.50. The number of hydrogen-bond acceptors (Lipinski definition) is 3. The second-order valence-electron chi connectivity index (χ2n) is 9.27. The zero-order chi connectivity index (χ0) is 21.4. The number of ether oxygens (including phenoxy) is 1. The minimum absolute atomic E-state index is 0.0509.